The monoisotopic (exact) mass is 496 g/mol. The molecule has 1 amide bonds. The second kappa shape index (κ2) is 12.6. The van der Waals surface area contributed by atoms with E-state index in [1.54, 1.807) is 11.8 Å². The SMILES string of the molecule is CCCOc1ccc(CN(CCC)C(=O)CCc2c(C)nc3c(c(OC)nn3C)c2C)cc1OCC. The summed E-state index contributed by atoms with van der Waals surface area (Å²) >= 11 is 0. The maximum atomic E-state index is 13.4. The van der Waals surface area contributed by atoms with Crippen molar-refractivity contribution in [2.75, 3.05) is 26.9 Å². The van der Waals surface area contributed by atoms with Crippen LogP contribution in [-0.4, -0.2) is 52.4 Å². The number of fused-ring (bicyclic) bond motifs is 1. The van der Waals surface area contributed by atoms with Gasteiger partial charge in [-0.05, 0) is 68.9 Å². The Kier molecular flexibility index (Phi) is 9.56. The maximum Gasteiger partial charge on any atom is 0.242 e. The Hall–Kier alpha value is -3.29. The molecule has 2 aromatic heterocycles. The van der Waals surface area contributed by atoms with Gasteiger partial charge in [0.15, 0.2) is 17.1 Å². The molecule has 36 heavy (non-hydrogen) atoms. The molecule has 0 aliphatic carbocycles. The topological polar surface area (TPSA) is 78.7 Å². The first kappa shape index (κ1) is 27.3. The fourth-order valence-electron chi connectivity index (χ4n) is 4.53. The van der Waals surface area contributed by atoms with Crippen molar-refractivity contribution in [1.29, 1.82) is 0 Å². The number of methoxy groups -OCH3 is 1. The van der Waals surface area contributed by atoms with Gasteiger partial charge in [-0.1, -0.05) is 19.9 Å². The molecular weight excluding hydrogens is 456 g/mol. The van der Waals surface area contributed by atoms with E-state index in [1.165, 1.54) is 0 Å². The maximum absolute atomic E-state index is 13.4. The predicted molar refractivity (Wildman–Crippen MR) is 142 cm³/mol. The summed E-state index contributed by atoms with van der Waals surface area (Å²) in [6.45, 7) is 12.6. The highest BCUT2D eigenvalue weighted by Gasteiger charge is 2.20. The molecule has 3 rings (SSSR count). The average molecular weight is 497 g/mol. The van der Waals surface area contributed by atoms with E-state index in [9.17, 15) is 4.79 Å². The van der Waals surface area contributed by atoms with Crippen LogP contribution in [0.15, 0.2) is 18.2 Å². The molecule has 1 aromatic carbocycles. The van der Waals surface area contributed by atoms with Crippen LogP contribution in [0.2, 0.25) is 0 Å². The molecule has 0 atom stereocenters. The fourth-order valence-corrected chi connectivity index (χ4v) is 4.53. The third kappa shape index (κ3) is 6.09. The summed E-state index contributed by atoms with van der Waals surface area (Å²) in [6, 6.07) is 5.95. The molecule has 0 spiro atoms. The summed E-state index contributed by atoms with van der Waals surface area (Å²) in [5, 5.41) is 5.34. The minimum absolute atomic E-state index is 0.123. The van der Waals surface area contributed by atoms with Gasteiger partial charge < -0.3 is 19.1 Å². The summed E-state index contributed by atoms with van der Waals surface area (Å²) in [7, 11) is 3.48. The van der Waals surface area contributed by atoms with Gasteiger partial charge in [0.05, 0.1) is 25.7 Å². The number of pyridine rings is 1. The number of hydrogen-bond acceptors (Lipinski definition) is 6. The van der Waals surface area contributed by atoms with E-state index in [0.29, 0.717) is 45.0 Å². The molecule has 0 N–H and O–H groups in total. The van der Waals surface area contributed by atoms with Crippen LogP contribution in [0.3, 0.4) is 0 Å². The van der Waals surface area contributed by atoms with Gasteiger partial charge in [-0.25, -0.2) is 9.67 Å². The summed E-state index contributed by atoms with van der Waals surface area (Å²) < 4.78 is 18.9. The van der Waals surface area contributed by atoms with Gasteiger partial charge >= 0.3 is 0 Å². The lowest BCUT2D eigenvalue weighted by molar-refractivity contribution is -0.131. The van der Waals surface area contributed by atoms with Gasteiger partial charge in [0.1, 0.15) is 0 Å². The lowest BCUT2D eigenvalue weighted by atomic mass is 9.99. The van der Waals surface area contributed by atoms with Crippen molar-refractivity contribution >= 4 is 16.9 Å². The van der Waals surface area contributed by atoms with E-state index < -0.39 is 0 Å². The number of amides is 1. The minimum Gasteiger partial charge on any atom is -0.490 e. The first-order valence-corrected chi connectivity index (χ1v) is 12.9. The van der Waals surface area contributed by atoms with Crippen LogP contribution in [0.4, 0.5) is 0 Å². The quantitative estimate of drug-likeness (QED) is 0.326. The molecule has 2 heterocycles. The first-order valence-electron chi connectivity index (χ1n) is 12.9. The number of carbonyl (C=O) groups is 1. The number of aryl methyl sites for hydroxylation is 3. The fraction of sp³-hybridized carbons (Fsp3) is 0.536. The molecule has 0 fully saturated rings. The van der Waals surface area contributed by atoms with Gasteiger partial charge in [-0.2, -0.15) is 0 Å². The highest BCUT2D eigenvalue weighted by atomic mass is 16.5. The second-order valence-electron chi connectivity index (χ2n) is 9.01. The lowest BCUT2D eigenvalue weighted by Gasteiger charge is -2.23. The number of aromatic nitrogens is 3. The molecule has 0 aliphatic heterocycles. The summed E-state index contributed by atoms with van der Waals surface area (Å²) in [6.07, 6.45) is 2.85. The van der Waals surface area contributed by atoms with Crippen LogP contribution in [0.25, 0.3) is 11.0 Å². The van der Waals surface area contributed by atoms with Crippen molar-refractivity contribution in [3.63, 3.8) is 0 Å². The van der Waals surface area contributed by atoms with E-state index in [4.69, 9.17) is 19.2 Å². The molecule has 0 unspecified atom stereocenters. The molecule has 8 heteroatoms. The first-order chi connectivity index (χ1) is 17.3. The molecular formula is C28H40N4O4. The Labute approximate surface area is 214 Å². The predicted octanol–water partition coefficient (Wildman–Crippen LogP) is 5.15. The number of nitrogens with zero attached hydrogens (tertiary/aromatic N) is 4. The van der Waals surface area contributed by atoms with Crippen LogP contribution in [-0.2, 0) is 24.8 Å². The van der Waals surface area contributed by atoms with Gasteiger partial charge in [0.25, 0.3) is 0 Å². The summed E-state index contributed by atoms with van der Waals surface area (Å²) in [4.78, 5) is 20.0. The molecule has 3 aromatic rings. The third-order valence-corrected chi connectivity index (χ3v) is 6.29. The third-order valence-electron chi connectivity index (χ3n) is 6.29. The van der Waals surface area contributed by atoms with Crippen LogP contribution in [0.5, 0.6) is 17.4 Å². The minimum atomic E-state index is 0.123. The second-order valence-corrected chi connectivity index (χ2v) is 9.01. The summed E-state index contributed by atoms with van der Waals surface area (Å²) in [5.74, 6) is 2.16. The van der Waals surface area contributed by atoms with Gasteiger partial charge in [0, 0.05) is 32.3 Å². The van der Waals surface area contributed by atoms with Gasteiger partial charge in [0.2, 0.25) is 11.8 Å². The zero-order chi connectivity index (χ0) is 26.2. The molecule has 0 saturated heterocycles. The number of carbonyl (C=O) groups excluding carboxylic acids is 1. The van der Waals surface area contributed by atoms with E-state index in [-0.39, 0.29) is 5.91 Å². The number of hydrogen-bond donors (Lipinski definition) is 0. The van der Waals surface area contributed by atoms with E-state index >= 15 is 0 Å². The van der Waals surface area contributed by atoms with Crippen molar-refractivity contribution < 1.29 is 19.0 Å². The van der Waals surface area contributed by atoms with Crippen molar-refractivity contribution in [3.05, 3.63) is 40.6 Å². The van der Waals surface area contributed by atoms with Gasteiger partial charge in [-0.15, -0.1) is 5.10 Å². The van der Waals surface area contributed by atoms with E-state index in [2.05, 4.69) is 25.9 Å². The van der Waals surface area contributed by atoms with Gasteiger partial charge in [-0.3, -0.25) is 4.79 Å². The van der Waals surface area contributed by atoms with Crippen molar-refractivity contribution in [1.82, 2.24) is 19.7 Å². The lowest BCUT2D eigenvalue weighted by Crippen LogP contribution is -2.31. The zero-order valence-electron chi connectivity index (χ0n) is 22.8. The Morgan fingerprint density at radius 3 is 2.53 bits per heavy atom. The van der Waals surface area contributed by atoms with Crippen LogP contribution < -0.4 is 14.2 Å². The van der Waals surface area contributed by atoms with E-state index in [1.807, 2.05) is 44.0 Å². The molecule has 8 nitrogen and oxygen atoms in total. The smallest absolute Gasteiger partial charge is 0.242 e. The largest absolute Gasteiger partial charge is 0.490 e. The normalized spacial score (nSPS) is 11.1. The molecule has 0 bridgehead atoms. The standard InChI is InChI=1S/C28H40N4O4/c1-8-15-32(18-21-11-13-23(36-16-9-2)24(17-21)35-10-3)25(33)14-12-22-19(4)26-27(29-20(22)5)31(6)30-28(26)34-7/h11,13,17H,8-10,12,14-16,18H2,1-7H3. The number of rotatable bonds is 13. The highest BCUT2D eigenvalue weighted by molar-refractivity contribution is 5.86. The molecule has 196 valence electrons. The molecule has 0 radical (unpaired) electrons. The van der Waals surface area contributed by atoms with Crippen LogP contribution in [0, 0.1) is 13.8 Å². The Morgan fingerprint density at radius 2 is 1.86 bits per heavy atom. The Morgan fingerprint density at radius 1 is 1.08 bits per heavy atom. The Bertz CT molecular complexity index is 1190. The van der Waals surface area contributed by atoms with Crippen molar-refractivity contribution in [2.45, 2.75) is 66.8 Å². The molecule has 0 aliphatic rings. The number of benzene rings is 1. The Balaban J connectivity index is 1.78. The van der Waals surface area contributed by atoms with Crippen molar-refractivity contribution in [2.24, 2.45) is 7.05 Å². The summed E-state index contributed by atoms with van der Waals surface area (Å²) in [5.41, 5.74) is 4.89. The molecule has 0 saturated carbocycles. The van der Waals surface area contributed by atoms with Crippen LogP contribution >= 0.6 is 0 Å². The van der Waals surface area contributed by atoms with E-state index in [0.717, 1.165) is 57.8 Å². The van der Waals surface area contributed by atoms with Crippen molar-refractivity contribution in [3.8, 4) is 17.4 Å². The average Bonchev–Trinajstić information content (AvgIpc) is 3.18. The van der Waals surface area contributed by atoms with Crippen LogP contribution in [0.1, 0.15) is 62.4 Å². The highest BCUT2D eigenvalue weighted by Crippen LogP contribution is 2.31. The zero-order valence-corrected chi connectivity index (χ0v) is 22.8. The number of ether oxygens (including phenoxy) is 3.